The third-order valence-corrected chi connectivity index (χ3v) is 2.34. The topological polar surface area (TPSA) is 75.5 Å². The maximum Gasteiger partial charge on any atom is 0.433 e. The van der Waals surface area contributed by atoms with E-state index in [0.29, 0.717) is 6.07 Å². The van der Waals surface area contributed by atoms with E-state index in [4.69, 9.17) is 9.84 Å². The quantitative estimate of drug-likeness (QED) is 0.868. The van der Waals surface area contributed by atoms with Crippen LogP contribution in [0, 0.1) is 0 Å². The van der Waals surface area contributed by atoms with Crippen LogP contribution in [0.5, 0.6) is 5.88 Å². The largest absolute Gasteiger partial charge is 0.470 e. The Morgan fingerprint density at radius 1 is 1.44 bits per heavy atom. The van der Waals surface area contributed by atoms with Crippen molar-refractivity contribution >= 4 is 6.09 Å². The van der Waals surface area contributed by atoms with Crippen LogP contribution in [0.1, 0.15) is 5.69 Å². The van der Waals surface area contributed by atoms with E-state index in [-0.39, 0.29) is 19.0 Å². The zero-order valence-corrected chi connectivity index (χ0v) is 8.89. The van der Waals surface area contributed by atoms with Gasteiger partial charge in [-0.25, -0.2) is 14.8 Å². The van der Waals surface area contributed by atoms with Gasteiger partial charge in [0.1, 0.15) is 12.4 Å². The predicted molar refractivity (Wildman–Crippen MR) is 51.0 cm³/mol. The Bertz CT molecular complexity index is 460. The second-order valence-corrected chi connectivity index (χ2v) is 3.67. The van der Waals surface area contributed by atoms with Gasteiger partial charge in [-0.1, -0.05) is 0 Å². The normalized spacial score (nSPS) is 16.3. The van der Waals surface area contributed by atoms with Crippen molar-refractivity contribution in [2.75, 3.05) is 13.1 Å². The van der Waals surface area contributed by atoms with E-state index in [2.05, 4.69) is 9.97 Å². The molecule has 0 unspecified atom stereocenters. The Labute approximate surface area is 99.0 Å². The molecule has 2 heterocycles. The molecule has 1 aliphatic rings. The van der Waals surface area contributed by atoms with Crippen molar-refractivity contribution in [2.24, 2.45) is 0 Å². The van der Waals surface area contributed by atoms with Gasteiger partial charge in [0.05, 0.1) is 13.1 Å². The van der Waals surface area contributed by atoms with Gasteiger partial charge in [-0.05, 0) is 0 Å². The van der Waals surface area contributed by atoms with Gasteiger partial charge in [0, 0.05) is 6.07 Å². The molecular formula is C9H8F3N3O3. The maximum absolute atomic E-state index is 12.3. The van der Waals surface area contributed by atoms with Crippen molar-refractivity contribution < 1.29 is 27.8 Å². The number of halogens is 3. The molecule has 1 aliphatic heterocycles. The van der Waals surface area contributed by atoms with Crippen LogP contribution in [0.2, 0.25) is 0 Å². The molecule has 0 spiro atoms. The van der Waals surface area contributed by atoms with Crippen molar-refractivity contribution in [1.29, 1.82) is 0 Å². The SMILES string of the molecule is O=C(O)N1CC(Oc2cc(C(F)(F)F)ncn2)C1. The maximum atomic E-state index is 12.3. The van der Waals surface area contributed by atoms with Crippen molar-refractivity contribution in [2.45, 2.75) is 12.3 Å². The van der Waals surface area contributed by atoms with Crippen LogP contribution in [-0.4, -0.2) is 45.3 Å². The molecule has 0 aromatic carbocycles. The lowest BCUT2D eigenvalue weighted by Gasteiger charge is -2.36. The minimum absolute atomic E-state index is 0.112. The Hall–Kier alpha value is -2.06. The van der Waals surface area contributed by atoms with Crippen LogP contribution in [0.4, 0.5) is 18.0 Å². The number of carbonyl (C=O) groups is 1. The Morgan fingerprint density at radius 2 is 2.11 bits per heavy atom. The van der Waals surface area contributed by atoms with Crippen LogP contribution in [0.25, 0.3) is 0 Å². The second kappa shape index (κ2) is 4.31. The van der Waals surface area contributed by atoms with E-state index in [1.165, 1.54) is 0 Å². The zero-order valence-electron chi connectivity index (χ0n) is 8.89. The number of carboxylic acid groups (broad SMARTS) is 1. The molecule has 1 aromatic heterocycles. The number of ether oxygens (including phenoxy) is 1. The molecule has 1 saturated heterocycles. The standard InChI is InChI=1S/C9H8F3N3O3/c10-9(11,12)6-1-7(14-4-13-6)18-5-2-15(3-5)8(16)17/h1,4-5H,2-3H2,(H,16,17). The molecule has 0 aliphatic carbocycles. The molecule has 1 N–H and O–H groups in total. The monoisotopic (exact) mass is 263 g/mol. The molecule has 0 saturated carbocycles. The number of alkyl halides is 3. The summed E-state index contributed by atoms with van der Waals surface area (Å²) in [6.07, 6.45) is -5.37. The van der Waals surface area contributed by atoms with Crippen molar-refractivity contribution in [3.05, 3.63) is 18.1 Å². The molecule has 0 atom stereocenters. The number of aromatic nitrogens is 2. The van der Waals surface area contributed by atoms with Gasteiger partial charge in [0.2, 0.25) is 5.88 Å². The Morgan fingerprint density at radius 3 is 2.67 bits per heavy atom. The lowest BCUT2D eigenvalue weighted by molar-refractivity contribution is -0.141. The summed E-state index contributed by atoms with van der Waals surface area (Å²) in [6, 6.07) is 0.684. The average Bonchev–Trinajstić information content (AvgIpc) is 2.21. The molecule has 0 bridgehead atoms. The zero-order chi connectivity index (χ0) is 13.3. The number of hydrogen-bond donors (Lipinski definition) is 1. The Balaban J connectivity index is 1.97. The van der Waals surface area contributed by atoms with Gasteiger partial charge in [-0.2, -0.15) is 13.2 Å². The van der Waals surface area contributed by atoms with Gasteiger partial charge >= 0.3 is 12.3 Å². The molecule has 9 heteroatoms. The first kappa shape index (κ1) is 12.4. The summed E-state index contributed by atoms with van der Waals surface area (Å²) < 4.78 is 42.1. The van der Waals surface area contributed by atoms with Crippen LogP contribution in [-0.2, 0) is 6.18 Å². The number of hydrogen-bond acceptors (Lipinski definition) is 4. The summed E-state index contributed by atoms with van der Waals surface area (Å²) in [7, 11) is 0. The first-order valence-electron chi connectivity index (χ1n) is 4.90. The number of nitrogens with zero attached hydrogens (tertiary/aromatic N) is 3. The molecular weight excluding hydrogens is 255 g/mol. The first-order chi connectivity index (χ1) is 8.36. The molecule has 1 fully saturated rings. The van der Waals surface area contributed by atoms with Gasteiger partial charge in [-0.3, -0.25) is 0 Å². The minimum Gasteiger partial charge on any atom is -0.470 e. The van der Waals surface area contributed by atoms with Gasteiger partial charge in [-0.15, -0.1) is 0 Å². The third kappa shape index (κ3) is 2.60. The van der Waals surface area contributed by atoms with Gasteiger partial charge in [0.25, 0.3) is 0 Å². The minimum atomic E-state index is -4.56. The fourth-order valence-electron chi connectivity index (χ4n) is 1.40. The molecule has 6 nitrogen and oxygen atoms in total. The van der Waals surface area contributed by atoms with E-state index in [1.54, 1.807) is 0 Å². The van der Waals surface area contributed by atoms with Crippen molar-refractivity contribution in [1.82, 2.24) is 14.9 Å². The first-order valence-corrected chi connectivity index (χ1v) is 4.90. The summed E-state index contributed by atoms with van der Waals surface area (Å²) in [4.78, 5) is 18.2. The fraction of sp³-hybridized carbons (Fsp3) is 0.444. The third-order valence-electron chi connectivity index (χ3n) is 2.34. The summed E-state index contributed by atoms with van der Waals surface area (Å²) in [5.41, 5.74) is -1.10. The lowest BCUT2D eigenvalue weighted by Crippen LogP contribution is -2.55. The van der Waals surface area contributed by atoms with Crippen molar-refractivity contribution in [3.8, 4) is 5.88 Å². The molecule has 0 radical (unpaired) electrons. The molecule has 1 amide bonds. The summed E-state index contributed by atoms with van der Waals surface area (Å²) in [5, 5.41) is 8.56. The predicted octanol–water partition coefficient (Wildman–Crippen LogP) is 1.24. The summed E-state index contributed by atoms with van der Waals surface area (Å²) >= 11 is 0. The van der Waals surface area contributed by atoms with Crippen molar-refractivity contribution in [3.63, 3.8) is 0 Å². The molecule has 2 rings (SSSR count). The van der Waals surface area contributed by atoms with Crippen LogP contribution >= 0.6 is 0 Å². The van der Waals surface area contributed by atoms with E-state index < -0.39 is 24.1 Å². The Kier molecular flexibility index (Phi) is 2.97. The number of amides is 1. The van der Waals surface area contributed by atoms with Gasteiger partial charge < -0.3 is 14.7 Å². The van der Waals surface area contributed by atoms with E-state index in [0.717, 1.165) is 11.2 Å². The van der Waals surface area contributed by atoms with E-state index in [1.807, 2.05) is 0 Å². The average molecular weight is 263 g/mol. The molecule has 1 aromatic rings. The highest BCUT2D eigenvalue weighted by Crippen LogP contribution is 2.29. The van der Waals surface area contributed by atoms with E-state index in [9.17, 15) is 18.0 Å². The highest BCUT2D eigenvalue weighted by atomic mass is 19.4. The van der Waals surface area contributed by atoms with Crippen LogP contribution in [0.15, 0.2) is 12.4 Å². The fourth-order valence-corrected chi connectivity index (χ4v) is 1.40. The molecule has 98 valence electrons. The van der Waals surface area contributed by atoms with Crippen LogP contribution < -0.4 is 4.74 Å². The summed E-state index contributed by atoms with van der Waals surface area (Å²) in [6.45, 7) is 0.224. The van der Waals surface area contributed by atoms with Gasteiger partial charge in [0.15, 0.2) is 5.69 Å². The van der Waals surface area contributed by atoms with E-state index >= 15 is 0 Å². The highest BCUT2D eigenvalue weighted by molar-refractivity contribution is 5.66. The lowest BCUT2D eigenvalue weighted by atomic mass is 10.2. The summed E-state index contributed by atoms with van der Waals surface area (Å²) in [5.74, 6) is -0.215. The second-order valence-electron chi connectivity index (χ2n) is 3.67. The number of rotatable bonds is 2. The highest BCUT2D eigenvalue weighted by Gasteiger charge is 2.35. The van der Waals surface area contributed by atoms with Crippen LogP contribution in [0.3, 0.4) is 0 Å². The number of likely N-dealkylation sites (tertiary alicyclic amines) is 1. The molecule has 18 heavy (non-hydrogen) atoms. The smallest absolute Gasteiger partial charge is 0.433 e.